The number of amides is 1. The average molecular weight is 264 g/mol. The molecule has 1 aliphatic carbocycles. The quantitative estimate of drug-likeness (QED) is 0.885. The average Bonchev–Trinajstić information content (AvgIpc) is 2.82. The van der Waals surface area contributed by atoms with E-state index in [0.29, 0.717) is 6.42 Å². The molecule has 0 saturated carbocycles. The molecule has 4 nitrogen and oxygen atoms in total. The predicted molar refractivity (Wildman–Crippen MR) is 74.9 cm³/mol. The largest absolute Gasteiger partial charge is 0.388 e. The molecule has 4 heteroatoms. The fourth-order valence-electron chi connectivity index (χ4n) is 2.89. The van der Waals surface area contributed by atoms with Crippen molar-refractivity contribution >= 4 is 5.91 Å². The Kier molecular flexibility index (Phi) is 4.64. The standard InChI is InChI=1S/C15H24N2O2/c1-3-16(4-2)15(19)9-11-17-10-8-12-13(17)6-5-7-14(12)18/h8,10,14,18H,3-7,9,11H2,1-2H3. The van der Waals surface area contributed by atoms with Crippen LogP contribution in [-0.2, 0) is 17.8 Å². The third-order valence-corrected chi connectivity index (χ3v) is 4.05. The summed E-state index contributed by atoms with van der Waals surface area (Å²) in [6, 6.07) is 2.00. The van der Waals surface area contributed by atoms with Gasteiger partial charge in [0.05, 0.1) is 6.10 Å². The monoisotopic (exact) mass is 264 g/mol. The van der Waals surface area contributed by atoms with E-state index >= 15 is 0 Å². The molecule has 0 bridgehead atoms. The van der Waals surface area contributed by atoms with Gasteiger partial charge in [0.15, 0.2) is 0 Å². The molecule has 1 amide bonds. The summed E-state index contributed by atoms with van der Waals surface area (Å²) in [4.78, 5) is 13.9. The molecule has 0 spiro atoms. The number of hydrogen-bond donors (Lipinski definition) is 1. The first-order valence-electron chi connectivity index (χ1n) is 7.31. The minimum absolute atomic E-state index is 0.212. The number of rotatable bonds is 5. The van der Waals surface area contributed by atoms with Crippen molar-refractivity contribution in [3.63, 3.8) is 0 Å². The van der Waals surface area contributed by atoms with E-state index in [2.05, 4.69) is 4.57 Å². The van der Waals surface area contributed by atoms with Gasteiger partial charge >= 0.3 is 0 Å². The highest BCUT2D eigenvalue weighted by Gasteiger charge is 2.21. The smallest absolute Gasteiger partial charge is 0.224 e. The number of carbonyl (C=O) groups excluding carboxylic acids is 1. The number of carbonyl (C=O) groups is 1. The van der Waals surface area contributed by atoms with Gasteiger partial charge in [-0.2, -0.15) is 0 Å². The lowest BCUT2D eigenvalue weighted by Gasteiger charge is -2.21. The van der Waals surface area contributed by atoms with E-state index in [1.807, 2.05) is 31.0 Å². The number of aliphatic hydroxyl groups excluding tert-OH is 1. The number of aromatic nitrogens is 1. The summed E-state index contributed by atoms with van der Waals surface area (Å²) in [5, 5.41) is 9.93. The maximum absolute atomic E-state index is 12.0. The van der Waals surface area contributed by atoms with Crippen LogP contribution in [0.4, 0.5) is 0 Å². The van der Waals surface area contributed by atoms with Crippen LogP contribution >= 0.6 is 0 Å². The van der Waals surface area contributed by atoms with Crippen molar-refractivity contribution in [3.05, 3.63) is 23.5 Å². The number of hydrogen-bond acceptors (Lipinski definition) is 2. The SMILES string of the molecule is CCN(CC)C(=O)CCn1ccc2c1CCCC2O. The second-order valence-electron chi connectivity index (χ2n) is 5.14. The highest BCUT2D eigenvalue weighted by atomic mass is 16.3. The van der Waals surface area contributed by atoms with Gasteiger partial charge in [-0.1, -0.05) is 0 Å². The molecule has 1 aromatic rings. The summed E-state index contributed by atoms with van der Waals surface area (Å²) < 4.78 is 2.14. The topological polar surface area (TPSA) is 45.5 Å². The lowest BCUT2D eigenvalue weighted by atomic mass is 9.95. The Labute approximate surface area is 115 Å². The van der Waals surface area contributed by atoms with Crippen molar-refractivity contribution in [2.45, 2.75) is 52.2 Å². The first-order valence-corrected chi connectivity index (χ1v) is 7.31. The molecule has 0 saturated heterocycles. The van der Waals surface area contributed by atoms with Crippen LogP contribution in [0.1, 0.15) is 50.5 Å². The number of aryl methyl sites for hydroxylation is 1. The van der Waals surface area contributed by atoms with Crippen LogP contribution in [0.25, 0.3) is 0 Å². The first kappa shape index (κ1) is 14.1. The molecule has 1 heterocycles. The Hall–Kier alpha value is -1.29. The van der Waals surface area contributed by atoms with Crippen molar-refractivity contribution in [1.29, 1.82) is 0 Å². The maximum atomic E-state index is 12.0. The van der Waals surface area contributed by atoms with Crippen molar-refractivity contribution < 1.29 is 9.90 Å². The summed E-state index contributed by atoms with van der Waals surface area (Å²) >= 11 is 0. The first-order chi connectivity index (χ1) is 9.17. The molecule has 0 aromatic carbocycles. The Morgan fingerprint density at radius 3 is 2.89 bits per heavy atom. The molecule has 1 aliphatic rings. The second-order valence-corrected chi connectivity index (χ2v) is 5.14. The van der Waals surface area contributed by atoms with Crippen LogP contribution in [0.15, 0.2) is 12.3 Å². The molecular formula is C15H24N2O2. The van der Waals surface area contributed by atoms with Gasteiger partial charge in [0.2, 0.25) is 5.91 Å². The van der Waals surface area contributed by atoms with Crippen molar-refractivity contribution in [2.24, 2.45) is 0 Å². The molecule has 1 unspecified atom stereocenters. The minimum atomic E-state index is -0.316. The predicted octanol–water partition coefficient (Wildman–Crippen LogP) is 2.12. The highest BCUT2D eigenvalue weighted by molar-refractivity contribution is 5.76. The molecule has 0 radical (unpaired) electrons. The Balaban J connectivity index is 1.99. The molecule has 1 aromatic heterocycles. The van der Waals surface area contributed by atoms with Crippen LogP contribution in [0.5, 0.6) is 0 Å². The summed E-state index contributed by atoms with van der Waals surface area (Å²) in [5.41, 5.74) is 2.27. The van der Waals surface area contributed by atoms with Crippen LogP contribution in [-0.4, -0.2) is 33.6 Å². The van der Waals surface area contributed by atoms with E-state index in [0.717, 1.165) is 44.5 Å². The fraction of sp³-hybridized carbons (Fsp3) is 0.667. The zero-order valence-corrected chi connectivity index (χ0v) is 11.9. The minimum Gasteiger partial charge on any atom is -0.388 e. The molecule has 2 rings (SSSR count). The number of fused-ring (bicyclic) bond motifs is 1. The van der Waals surface area contributed by atoms with Crippen molar-refractivity contribution in [3.8, 4) is 0 Å². The summed E-state index contributed by atoms with van der Waals surface area (Å²) in [6.45, 7) is 6.29. The van der Waals surface area contributed by atoms with Gasteiger partial charge in [0.1, 0.15) is 0 Å². The van der Waals surface area contributed by atoms with Crippen molar-refractivity contribution in [1.82, 2.24) is 9.47 Å². The molecule has 106 valence electrons. The third kappa shape index (κ3) is 3.00. The van der Waals surface area contributed by atoms with E-state index in [1.165, 1.54) is 5.69 Å². The van der Waals surface area contributed by atoms with Gasteiger partial charge < -0.3 is 14.6 Å². The Bertz CT molecular complexity index is 435. The van der Waals surface area contributed by atoms with E-state index in [9.17, 15) is 9.90 Å². The summed E-state index contributed by atoms with van der Waals surface area (Å²) in [5.74, 6) is 0.212. The van der Waals surface area contributed by atoms with Crippen LogP contribution in [0.2, 0.25) is 0 Å². The normalized spacial score (nSPS) is 18.2. The van der Waals surface area contributed by atoms with Crippen LogP contribution in [0, 0.1) is 0 Å². The van der Waals surface area contributed by atoms with Gasteiger partial charge in [-0.3, -0.25) is 4.79 Å². The maximum Gasteiger partial charge on any atom is 0.224 e. The van der Waals surface area contributed by atoms with E-state index < -0.39 is 0 Å². The molecule has 1 atom stereocenters. The molecule has 1 N–H and O–H groups in total. The van der Waals surface area contributed by atoms with E-state index in [1.54, 1.807) is 0 Å². The third-order valence-electron chi connectivity index (χ3n) is 4.05. The summed E-state index contributed by atoms with van der Waals surface area (Å²) in [6.07, 6.45) is 5.13. The van der Waals surface area contributed by atoms with Gasteiger partial charge in [0.25, 0.3) is 0 Å². The highest BCUT2D eigenvalue weighted by Crippen LogP contribution is 2.30. The van der Waals surface area contributed by atoms with Gasteiger partial charge in [0, 0.05) is 43.5 Å². The second kappa shape index (κ2) is 6.24. The van der Waals surface area contributed by atoms with Crippen LogP contribution in [0.3, 0.4) is 0 Å². The number of nitrogens with zero attached hydrogens (tertiary/aromatic N) is 2. The molecule has 0 aliphatic heterocycles. The van der Waals surface area contributed by atoms with Crippen molar-refractivity contribution in [2.75, 3.05) is 13.1 Å². The lowest BCUT2D eigenvalue weighted by Crippen LogP contribution is -2.31. The zero-order chi connectivity index (χ0) is 13.8. The van der Waals surface area contributed by atoms with E-state index in [4.69, 9.17) is 0 Å². The Morgan fingerprint density at radius 1 is 1.47 bits per heavy atom. The molecule has 0 fully saturated rings. The number of aliphatic hydroxyl groups is 1. The lowest BCUT2D eigenvalue weighted by molar-refractivity contribution is -0.131. The van der Waals surface area contributed by atoms with E-state index in [-0.39, 0.29) is 12.0 Å². The van der Waals surface area contributed by atoms with Gasteiger partial charge in [-0.25, -0.2) is 0 Å². The summed E-state index contributed by atoms with van der Waals surface area (Å²) in [7, 11) is 0. The van der Waals surface area contributed by atoms with Crippen LogP contribution < -0.4 is 0 Å². The van der Waals surface area contributed by atoms with Gasteiger partial charge in [-0.15, -0.1) is 0 Å². The molecule has 19 heavy (non-hydrogen) atoms. The zero-order valence-electron chi connectivity index (χ0n) is 11.9. The van der Waals surface area contributed by atoms with Gasteiger partial charge in [-0.05, 0) is 39.2 Å². The Morgan fingerprint density at radius 2 is 2.21 bits per heavy atom. The molecular weight excluding hydrogens is 240 g/mol. The fourth-order valence-corrected chi connectivity index (χ4v) is 2.89.